The van der Waals surface area contributed by atoms with Crippen molar-refractivity contribution in [2.45, 2.75) is 52.2 Å². The fraction of sp³-hybridized carbons (Fsp3) is 0.786. The molecule has 0 aromatic heterocycles. The SMILES string of the molecule is C[C@@H](NC(=O)C1CCCN(C(=O)OC(C)(C)C)C1)C(=O)O. The van der Waals surface area contributed by atoms with Crippen molar-refractivity contribution in [3.05, 3.63) is 0 Å². The summed E-state index contributed by atoms with van der Waals surface area (Å²) >= 11 is 0. The van der Waals surface area contributed by atoms with E-state index >= 15 is 0 Å². The van der Waals surface area contributed by atoms with E-state index in [0.717, 1.165) is 0 Å². The number of carboxylic acids is 1. The van der Waals surface area contributed by atoms with E-state index in [-0.39, 0.29) is 12.5 Å². The summed E-state index contributed by atoms with van der Waals surface area (Å²) in [4.78, 5) is 36.3. The summed E-state index contributed by atoms with van der Waals surface area (Å²) in [5.41, 5.74) is -0.579. The lowest BCUT2D eigenvalue weighted by molar-refractivity contribution is -0.142. The van der Waals surface area contributed by atoms with Crippen LogP contribution in [0.1, 0.15) is 40.5 Å². The molecule has 1 rings (SSSR count). The predicted molar refractivity (Wildman–Crippen MR) is 75.8 cm³/mol. The Morgan fingerprint density at radius 1 is 1.33 bits per heavy atom. The molecule has 0 spiro atoms. The van der Waals surface area contributed by atoms with Gasteiger partial charge in [-0.05, 0) is 40.5 Å². The number of nitrogens with zero attached hydrogens (tertiary/aromatic N) is 1. The second-order valence-corrected chi connectivity index (χ2v) is 6.33. The van der Waals surface area contributed by atoms with Crippen LogP contribution in [0.2, 0.25) is 0 Å². The van der Waals surface area contributed by atoms with Crippen LogP contribution in [0.15, 0.2) is 0 Å². The van der Waals surface area contributed by atoms with Crippen molar-refractivity contribution in [3.63, 3.8) is 0 Å². The van der Waals surface area contributed by atoms with Crippen LogP contribution in [-0.2, 0) is 14.3 Å². The van der Waals surface area contributed by atoms with Crippen LogP contribution < -0.4 is 5.32 Å². The van der Waals surface area contributed by atoms with E-state index in [1.165, 1.54) is 11.8 Å². The quantitative estimate of drug-likeness (QED) is 0.817. The molecule has 1 heterocycles. The minimum atomic E-state index is -1.08. The Morgan fingerprint density at radius 2 is 1.95 bits per heavy atom. The zero-order valence-corrected chi connectivity index (χ0v) is 13.0. The molecule has 0 saturated carbocycles. The molecule has 7 heteroatoms. The normalized spacial score (nSPS) is 20.6. The van der Waals surface area contributed by atoms with Crippen molar-refractivity contribution in [3.8, 4) is 0 Å². The Balaban J connectivity index is 2.57. The average Bonchev–Trinajstić information content (AvgIpc) is 2.36. The Morgan fingerprint density at radius 3 is 2.48 bits per heavy atom. The second-order valence-electron chi connectivity index (χ2n) is 6.33. The molecule has 2 N–H and O–H groups in total. The van der Waals surface area contributed by atoms with Gasteiger partial charge in [-0.2, -0.15) is 0 Å². The Hall–Kier alpha value is -1.79. The number of nitrogens with one attached hydrogen (secondary N) is 1. The van der Waals surface area contributed by atoms with Crippen LogP contribution in [-0.4, -0.2) is 52.7 Å². The Labute approximate surface area is 124 Å². The Kier molecular flexibility index (Phi) is 5.57. The van der Waals surface area contributed by atoms with Crippen molar-refractivity contribution in [1.82, 2.24) is 10.2 Å². The number of piperidine rings is 1. The zero-order chi connectivity index (χ0) is 16.2. The van der Waals surface area contributed by atoms with E-state index < -0.39 is 29.6 Å². The van der Waals surface area contributed by atoms with E-state index in [1.807, 2.05) is 0 Å². The number of hydrogen-bond acceptors (Lipinski definition) is 4. The van der Waals surface area contributed by atoms with Gasteiger partial charge in [-0.15, -0.1) is 0 Å². The van der Waals surface area contributed by atoms with Gasteiger partial charge in [0.05, 0.1) is 5.92 Å². The molecule has 0 aromatic rings. The second kappa shape index (κ2) is 6.78. The number of hydrogen-bond donors (Lipinski definition) is 2. The third-order valence-electron chi connectivity index (χ3n) is 3.17. The summed E-state index contributed by atoms with van der Waals surface area (Å²) in [6.07, 6.45) is 0.891. The zero-order valence-electron chi connectivity index (χ0n) is 13.0. The molecule has 0 aromatic carbocycles. The number of carboxylic acid groups (broad SMARTS) is 1. The molecule has 1 saturated heterocycles. The smallest absolute Gasteiger partial charge is 0.410 e. The summed E-state index contributed by atoms with van der Waals surface area (Å²) in [5.74, 6) is -1.81. The average molecular weight is 300 g/mol. The molecule has 21 heavy (non-hydrogen) atoms. The van der Waals surface area contributed by atoms with Crippen LogP contribution in [0.25, 0.3) is 0 Å². The number of likely N-dealkylation sites (tertiary alicyclic amines) is 1. The van der Waals surface area contributed by atoms with Gasteiger partial charge in [-0.25, -0.2) is 4.79 Å². The third-order valence-corrected chi connectivity index (χ3v) is 3.17. The van der Waals surface area contributed by atoms with E-state index in [1.54, 1.807) is 20.8 Å². The maximum atomic E-state index is 12.0. The van der Waals surface area contributed by atoms with E-state index in [4.69, 9.17) is 9.84 Å². The van der Waals surface area contributed by atoms with E-state index in [2.05, 4.69) is 5.32 Å². The van der Waals surface area contributed by atoms with Crippen molar-refractivity contribution in [2.75, 3.05) is 13.1 Å². The monoisotopic (exact) mass is 300 g/mol. The van der Waals surface area contributed by atoms with Crippen molar-refractivity contribution in [2.24, 2.45) is 5.92 Å². The van der Waals surface area contributed by atoms with Crippen LogP contribution in [0, 0.1) is 5.92 Å². The van der Waals surface area contributed by atoms with Gasteiger partial charge in [-0.1, -0.05) is 0 Å². The van der Waals surface area contributed by atoms with Gasteiger partial charge >= 0.3 is 12.1 Å². The molecule has 120 valence electrons. The fourth-order valence-corrected chi connectivity index (χ4v) is 2.08. The van der Waals surface area contributed by atoms with Gasteiger partial charge in [0.25, 0.3) is 0 Å². The molecule has 0 radical (unpaired) electrons. The van der Waals surface area contributed by atoms with Crippen LogP contribution >= 0.6 is 0 Å². The van der Waals surface area contributed by atoms with Gasteiger partial charge in [0.2, 0.25) is 5.91 Å². The minimum absolute atomic E-state index is 0.257. The highest BCUT2D eigenvalue weighted by Crippen LogP contribution is 2.19. The van der Waals surface area contributed by atoms with Gasteiger partial charge in [0.15, 0.2) is 0 Å². The molecule has 1 unspecified atom stereocenters. The molecular weight excluding hydrogens is 276 g/mol. The van der Waals surface area contributed by atoms with Crippen molar-refractivity contribution < 1.29 is 24.2 Å². The van der Waals surface area contributed by atoms with Crippen LogP contribution in [0.5, 0.6) is 0 Å². The van der Waals surface area contributed by atoms with E-state index in [9.17, 15) is 14.4 Å². The summed E-state index contributed by atoms with van der Waals surface area (Å²) < 4.78 is 5.29. The molecule has 1 aliphatic heterocycles. The number of carbonyl (C=O) groups excluding carboxylic acids is 2. The minimum Gasteiger partial charge on any atom is -0.480 e. The van der Waals surface area contributed by atoms with Gasteiger partial charge < -0.3 is 20.1 Å². The number of aliphatic carboxylic acids is 1. The first-order chi connectivity index (χ1) is 9.60. The molecule has 0 bridgehead atoms. The van der Waals surface area contributed by atoms with Crippen LogP contribution in [0.4, 0.5) is 4.79 Å². The third kappa shape index (κ3) is 5.61. The van der Waals surface area contributed by atoms with Gasteiger partial charge in [0.1, 0.15) is 11.6 Å². The molecular formula is C14H24N2O5. The molecule has 2 atom stereocenters. The lowest BCUT2D eigenvalue weighted by Gasteiger charge is -2.33. The first-order valence-corrected chi connectivity index (χ1v) is 7.11. The first-order valence-electron chi connectivity index (χ1n) is 7.11. The lowest BCUT2D eigenvalue weighted by Crippen LogP contribution is -2.49. The van der Waals surface area contributed by atoms with Gasteiger partial charge in [0, 0.05) is 13.1 Å². The summed E-state index contributed by atoms with van der Waals surface area (Å²) in [5, 5.41) is 11.2. The predicted octanol–water partition coefficient (Wildman–Crippen LogP) is 1.22. The summed E-state index contributed by atoms with van der Waals surface area (Å²) in [6.45, 7) is 7.57. The summed E-state index contributed by atoms with van der Waals surface area (Å²) in [6, 6.07) is -0.936. The Bertz CT molecular complexity index is 416. The highest BCUT2D eigenvalue weighted by molar-refractivity contribution is 5.85. The first kappa shape index (κ1) is 17.3. The molecule has 1 fully saturated rings. The molecule has 0 aliphatic carbocycles. The fourth-order valence-electron chi connectivity index (χ4n) is 2.08. The van der Waals surface area contributed by atoms with Crippen molar-refractivity contribution in [1.29, 1.82) is 0 Å². The number of amides is 2. The summed E-state index contributed by atoms with van der Waals surface area (Å²) in [7, 11) is 0. The standard InChI is InChI=1S/C14H24N2O5/c1-9(12(18)19)15-11(17)10-6-5-7-16(8-10)13(20)21-14(2,3)4/h9-10H,5-8H2,1-4H3,(H,15,17)(H,18,19)/t9-,10?/m1/s1. The van der Waals surface area contributed by atoms with Crippen molar-refractivity contribution >= 4 is 18.0 Å². The maximum absolute atomic E-state index is 12.0. The number of carbonyl (C=O) groups is 3. The highest BCUT2D eigenvalue weighted by Gasteiger charge is 2.31. The van der Waals surface area contributed by atoms with Gasteiger partial charge in [-0.3, -0.25) is 9.59 Å². The number of rotatable bonds is 3. The number of ether oxygens (including phenoxy) is 1. The molecule has 2 amide bonds. The molecule has 7 nitrogen and oxygen atoms in total. The highest BCUT2D eigenvalue weighted by atomic mass is 16.6. The molecule has 1 aliphatic rings. The topological polar surface area (TPSA) is 95.9 Å². The maximum Gasteiger partial charge on any atom is 0.410 e. The lowest BCUT2D eigenvalue weighted by atomic mass is 9.97. The van der Waals surface area contributed by atoms with E-state index in [0.29, 0.717) is 19.4 Å². The van der Waals surface area contributed by atoms with Crippen LogP contribution in [0.3, 0.4) is 0 Å². The largest absolute Gasteiger partial charge is 0.480 e.